The lowest BCUT2D eigenvalue weighted by Gasteiger charge is -2.36. The Kier molecular flexibility index (Phi) is 2.32. The Bertz CT molecular complexity index is 116. The quantitative estimate of drug-likeness (QED) is 0.603. The van der Waals surface area contributed by atoms with Crippen molar-refractivity contribution >= 4 is 0 Å². The van der Waals surface area contributed by atoms with Crippen LogP contribution in [0.15, 0.2) is 0 Å². The first-order valence-corrected chi connectivity index (χ1v) is 4.03. The molecule has 0 spiro atoms. The summed E-state index contributed by atoms with van der Waals surface area (Å²) in [7, 11) is 0. The standard InChI is InChI=1S/C8H17NO/c1-4-8(3)5-7(2)9-10-6-8/h7,9H,4-6H2,1-3H3. The van der Waals surface area contributed by atoms with E-state index in [0.29, 0.717) is 11.5 Å². The van der Waals surface area contributed by atoms with Crippen LogP contribution in [0.1, 0.15) is 33.6 Å². The average Bonchev–Trinajstić information content (AvgIpc) is 1.88. The molecule has 1 rings (SSSR count). The van der Waals surface area contributed by atoms with E-state index < -0.39 is 0 Å². The van der Waals surface area contributed by atoms with E-state index in [1.54, 1.807) is 0 Å². The number of nitrogens with one attached hydrogen (secondary N) is 1. The molecule has 0 aliphatic carbocycles. The second kappa shape index (κ2) is 2.89. The Morgan fingerprint density at radius 2 is 2.40 bits per heavy atom. The molecule has 0 amide bonds. The monoisotopic (exact) mass is 143 g/mol. The van der Waals surface area contributed by atoms with Crippen LogP contribution in [-0.4, -0.2) is 12.6 Å². The molecule has 0 aromatic heterocycles. The molecule has 1 fully saturated rings. The highest BCUT2D eigenvalue weighted by Crippen LogP contribution is 2.29. The summed E-state index contributed by atoms with van der Waals surface area (Å²) in [4.78, 5) is 5.24. The molecular weight excluding hydrogens is 126 g/mol. The van der Waals surface area contributed by atoms with Crippen molar-refractivity contribution in [2.45, 2.75) is 39.7 Å². The van der Waals surface area contributed by atoms with Gasteiger partial charge in [-0.2, -0.15) is 5.48 Å². The lowest BCUT2D eigenvalue weighted by molar-refractivity contribution is -0.0829. The Hall–Kier alpha value is -0.0800. The van der Waals surface area contributed by atoms with Crippen LogP contribution >= 0.6 is 0 Å². The van der Waals surface area contributed by atoms with Gasteiger partial charge in [0.2, 0.25) is 0 Å². The third-order valence-electron chi connectivity index (χ3n) is 2.36. The van der Waals surface area contributed by atoms with E-state index in [4.69, 9.17) is 4.84 Å². The summed E-state index contributed by atoms with van der Waals surface area (Å²) < 4.78 is 0. The number of hydroxylamine groups is 1. The predicted molar refractivity (Wildman–Crippen MR) is 41.6 cm³/mol. The van der Waals surface area contributed by atoms with Gasteiger partial charge in [0, 0.05) is 6.04 Å². The minimum absolute atomic E-state index is 0.407. The highest BCUT2D eigenvalue weighted by atomic mass is 16.6. The third-order valence-corrected chi connectivity index (χ3v) is 2.36. The Labute approximate surface area is 62.9 Å². The summed E-state index contributed by atoms with van der Waals surface area (Å²) in [6, 6.07) is 0.513. The highest BCUT2D eigenvalue weighted by molar-refractivity contribution is 4.79. The smallest absolute Gasteiger partial charge is 0.0736 e. The van der Waals surface area contributed by atoms with E-state index in [2.05, 4.69) is 26.3 Å². The molecular formula is C8H17NO. The molecule has 0 radical (unpaired) electrons. The van der Waals surface area contributed by atoms with Gasteiger partial charge in [0.05, 0.1) is 6.61 Å². The molecule has 0 saturated carbocycles. The summed E-state index contributed by atoms with van der Waals surface area (Å²) in [6.07, 6.45) is 2.43. The highest BCUT2D eigenvalue weighted by Gasteiger charge is 2.29. The molecule has 0 bridgehead atoms. The van der Waals surface area contributed by atoms with Gasteiger partial charge in [-0.05, 0) is 25.2 Å². The van der Waals surface area contributed by atoms with Crippen LogP contribution in [0.5, 0.6) is 0 Å². The van der Waals surface area contributed by atoms with Crippen molar-refractivity contribution < 1.29 is 4.84 Å². The van der Waals surface area contributed by atoms with Gasteiger partial charge in [-0.3, -0.25) is 0 Å². The molecule has 2 unspecified atom stereocenters. The summed E-state index contributed by atoms with van der Waals surface area (Å²) in [6.45, 7) is 7.52. The maximum absolute atomic E-state index is 5.24. The van der Waals surface area contributed by atoms with Gasteiger partial charge in [-0.15, -0.1) is 0 Å². The molecule has 1 aliphatic heterocycles. The van der Waals surface area contributed by atoms with Gasteiger partial charge in [-0.1, -0.05) is 13.8 Å². The second-order valence-electron chi connectivity index (χ2n) is 3.68. The fraction of sp³-hybridized carbons (Fsp3) is 1.00. The van der Waals surface area contributed by atoms with Gasteiger partial charge in [0.15, 0.2) is 0 Å². The first kappa shape index (κ1) is 8.02. The van der Waals surface area contributed by atoms with Crippen LogP contribution in [0.2, 0.25) is 0 Å². The Morgan fingerprint density at radius 1 is 1.70 bits per heavy atom. The fourth-order valence-electron chi connectivity index (χ4n) is 1.44. The lowest BCUT2D eigenvalue weighted by atomic mass is 9.82. The summed E-state index contributed by atoms with van der Waals surface area (Å²) >= 11 is 0. The largest absolute Gasteiger partial charge is 0.301 e. The van der Waals surface area contributed by atoms with E-state index in [1.165, 1.54) is 12.8 Å². The topological polar surface area (TPSA) is 21.3 Å². The van der Waals surface area contributed by atoms with Crippen LogP contribution in [-0.2, 0) is 4.84 Å². The van der Waals surface area contributed by atoms with Crippen LogP contribution in [0, 0.1) is 5.41 Å². The van der Waals surface area contributed by atoms with Crippen LogP contribution in [0.3, 0.4) is 0 Å². The minimum atomic E-state index is 0.407. The summed E-state index contributed by atoms with van der Waals surface area (Å²) in [5.74, 6) is 0. The van der Waals surface area contributed by atoms with Crippen molar-refractivity contribution in [3.63, 3.8) is 0 Å². The molecule has 1 heterocycles. The zero-order valence-corrected chi connectivity index (χ0v) is 7.11. The van der Waals surface area contributed by atoms with Gasteiger partial charge < -0.3 is 4.84 Å². The molecule has 2 heteroatoms. The van der Waals surface area contributed by atoms with Gasteiger partial charge >= 0.3 is 0 Å². The van der Waals surface area contributed by atoms with Crippen LogP contribution in [0.4, 0.5) is 0 Å². The van der Waals surface area contributed by atoms with Crippen LogP contribution in [0.25, 0.3) is 0 Å². The van der Waals surface area contributed by atoms with Crippen molar-refractivity contribution in [3.05, 3.63) is 0 Å². The lowest BCUT2D eigenvalue weighted by Crippen LogP contribution is -2.42. The number of hydrogen-bond acceptors (Lipinski definition) is 2. The minimum Gasteiger partial charge on any atom is -0.301 e. The molecule has 10 heavy (non-hydrogen) atoms. The molecule has 0 aromatic carbocycles. The van der Waals surface area contributed by atoms with Crippen molar-refractivity contribution in [2.75, 3.05) is 6.61 Å². The van der Waals surface area contributed by atoms with E-state index in [0.717, 1.165) is 6.61 Å². The maximum atomic E-state index is 5.24. The van der Waals surface area contributed by atoms with Gasteiger partial charge in [-0.25, -0.2) is 0 Å². The molecule has 1 saturated heterocycles. The molecule has 1 N–H and O–H groups in total. The van der Waals surface area contributed by atoms with Crippen LogP contribution < -0.4 is 5.48 Å². The zero-order chi connectivity index (χ0) is 7.61. The van der Waals surface area contributed by atoms with E-state index in [1.807, 2.05) is 0 Å². The second-order valence-corrected chi connectivity index (χ2v) is 3.68. The molecule has 2 nitrogen and oxygen atoms in total. The normalized spacial score (nSPS) is 41.7. The van der Waals surface area contributed by atoms with E-state index in [9.17, 15) is 0 Å². The predicted octanol–water partition coefficient (Wildman–Crippen LogP) is 1.72. The van der Waals surface area contributed by atoms with Crippen molar-refractivity contribution in [2.24, 2.45) is 5.41 Å². The average molecular weight is 143 g/mol. The van der Waals surface area contributed by atoms with E-state index in [-0.39, 0.29) is 0 Å². The Morgan fingerprint density at radius 3 is 2.80 bits per heavy atom. The molecule has 2 atom stereocenters. The van der Waals surface area contributed by atoms with Crippen molar-refractivity contribution in [3.8, 4) is 0 Å². The van der Waals surface area contributed by atoms with Crippen molar-refractivity contribution in [1.29, 1.82) is 0 Å². The molecule has 60 valence electrons. The number of rotatable bonds is 1. The Balaban J connectivity index is 2.45. The molecule has 1 aliphatic rings. The summed E-state index contributed by atoms with van der Waals surface area (Å²) in [5.41, 5.74) is 3.38. The fourth-order valence-corrected chi connectivity index (χ4v) is 1.44. The SMILES string of the molecule is CCC1(C)CONC(C)C1. The maximum Gasteiger partial charge on any atom is 0.0736 e. The first-order valence-electron chi connectivity index (χ1n) is 4.03. The van der Waals surface area contributed by atoms with Gasteiger partial charge in [0.1, 0.15) is 0 Å². The summed E-state index contributed by atoms with van der Waals surface area (Å²) in [5, 5.41) is 0. The third kappa shape index (κ3) is 1.70. The number of hydrogen-bond donors (Lipinski definition) is 1. The zero-order valence-electron chi connectivity index (χ0n) is 7.11. The van der Waals surface area contributed by atoms with Gasteiger partial charge in [0.25, 0.3) is 0 Å². The van der Waals surface area contributed by atoms with Crippen molar-refractivity contribution in [1.82, 2.24) is 5.48 Å². The first-order chi connectivity index (χ1) is 4.66. The van der Waals surface area contributed by atoms with E-state index >= 15 is 0 Å². The molecule has 0 aromatic rings.